The molecule has 0 bridgehead atoms. The van der Waals surface area contributed by atoms with E-state index in [-0.39, 0.29) is 17.5 Å². The lowest BCUT2D eigenvalue weighted by molar-refractivity contribution is -0.123. The fraction of sp³-hybridized carbons (Fsp3) is 0.400. The molecule has 1 amide bonds. The highest BCUT2D eigenvalue weighted by atomic mass is 32.2. The fourth-order valence-corrected chi connectivity index (χ4v) is 4.47. The zero-order valence-corrected chi connectivity index (χ0v) is 18.5. The number of methoxy groups -OCH3 is 1. The Labute approximate surface area is 179 Å². The zero-order valence-electron chi connectivity index (χ0n) is 16.9. The number of rotatable bonds is 7. The molecule has 0 saturated carbocycles. The van der Waals surface area contributed by atoms with Gasteiger partial charge in [-0.15, -0.1) is 0 Å². The minimum Gasteiger partial charge on any atom is -0.383 e. The molecule has 29 heavy (non-hydrogen) atoms. The van der Waals surface area contributed by atoms with Crippen LogP contribution in [0.2, 0.25) is 0 Å². The summed E-state index contributed by atoms with van der Waals surface area (Å²) in [5, 5.41) is 3.16. The van der Waals surface area contributed by atoms with Gasteiger partial charge < -0.3 is 10.1 Å². The van der Waals surface area contributed by atoms with Gasteiger partial charge in [0.1, 0.15) is 15.8 Å². The largest absolute Gasteiger partial charge is 0.383 e. The van der Waals surface area contributed by atoms with Crippen molar-refractivity contribution in [2.24, 2.45) is 0 Å². The Hall–Kier alpha value is -2.23. The summed E-state index contributed by atoms with van der Waals surface area (Å²) in [6.07, 6.45) is 4.07. The molecule has 2 aromatic rings. The van der Waals surface area contributed by atoms with E-state index in [0.717, 1.165) is 12.0 Å². The Morgan fingerprint density at radius 3 is 2.86 bits per heavy atom. The third kappa shape index (κ3) is 4.22. The highest BCUT2D eigenvalue weighted by Gasteiger charge is 2.35. The first-order valence-corrected chi connectivity index (χ1v) is 10.6. The Balaban J connectivity index is 2.12. The van der Waals surface area contributed by atoms with Crippen LogP contribution in [0.15, 0.2) is 28.0 Å². The fourth-order valence-electron chi connectivity index (χ4n) is 3.02. The quantitative estimate of drug-likeness (QED) is 0.409. The predicted molar refractivity (Wildman–Crippen MR) is 121 cm³/mol. The molecule has 1 saturated heterocycles. The average molecular weight is 433 g/mol. The van der Waals surface area contributed by atoms with E-state index in [2.05, 4.69) is 10.3 Å². The molecule has 2 aromatic heterocycles. The van der Waals surface area contributed by atoms with E-state index in [0.29, 0.717) is 39.4 Å². The van der Waals surface area contributed by atoms with Gasteiger partial charge in [-0.1, -0.05) is 37.0 Å². The summed E-state index contributed by atoms with van der Waals surface area (Å²) < 4.78 is 7.10. The number of hydrogen-bond acceptors (Lipinski definition) is 7. The van der Waals surface area contributed by atoms with Crippen LogP contribution in [0.1, 0.15) is 31.4 Å². The molecular weight excluding hydrogens is 408 g/mol. The molecule has 0 unspecified atom stereocenters. The van der Waals surface area contributed by atoms with Crippen molar-refractivity contribution in [2.75, 3.05) is 25.6 Å². The first kappa shape index (κ1) is 21.5. The van der Waals surface area contributed by atoms with Gasteiger partial charge in [0, 0.05) is 25.9 Å². The zero-order chi connectivity index (χ0) is 21.1. The highest BCUT2D eigenvalue weighted by Crippen LogP contribution is 2.34. The molecule has 1 aliphatic rings. The van der Waals surface area contributed by atoms with E-state index in [1.54, 1.807) is 30.3 Å². The standard InChI is InChI=1S/C20H24N4O3S2/c1-5-13(3)24-19(26)15(29-20(24)28)11-14-16(21-8-10-27-4)22-17-12(2)7-6-9-23(17)18(14)25/h6-7,9,11,13,21H,5,8,10H2,1-4H3/b15-11-/t13-/m0/s1. The number of anilines is 1. The molecule has 0 spiro atoms. The van der Waals surface area contributed by atoms with Gasteiger partial charge in [0.15, 0.2) is 0 Å². The van der Waals surface area contributed by atoms with Crippen molar-refractivity contribution in [3.8, 4) is 0 Å². The second-order valence-electron chi connectivity index (χ2n) is 6.79. The van der Waals surface area contributed by atoms with Gasteiger partial charge in [0.25, 0.3) is 11.5 Å². The molecule has 0 aromatic carbocycles. The third-order valence-electron chi connectivity index (χ3n) is 4.81. The van der Waals surface area contributed by atoms with Gasteiger partial charge in [-0.2, -0.15) is 0 Å². The summed E-state index contributed by atoms with van der Waals surface area (Å²) in [6.45, 7) is 6.81. The van der Waals surface area contributed by atoms with E-state index in [9.17, 15) is 9.59 Å². The van der Waals surface area contributed by atoms with Crippen molar-refractivity contribution in [3.05, 3.63) is 44.7 Å². The van der Waals surface area contributed by atoms with Gasteiger partial charge in [-0.05, 0) is 38.0 Å². The van der Waals surface area contributed by atoms with E-state index in [4.69, 9.17) is 17.0 Å². The van der Waals surface area contributed by atoms with E-state index in [1.165, 1.54) is 16.2 Å². The Bertz CT molecular complexity index is 1050. The van der Waals surface area contributed by atoms with Crippen molar-refractivity contribution in [1.82, 2.24) is 14.3 Å². The number of nitrogens with zero attached hydrogens (tertiary/aromatic N) is 3. The number of aromatic nitrogens is 2. The Morgan fingerprint density at radius 1 is 1.41 bits per heavy atom. The van der Waals surface area contributed by atoms with Crippen LogP contribution in [0.25, 0.3) is 11.7 Å². The number of carbonyl (C=O) groups excluding carboxylic acids is 1. The maximum atomic E-state index is 13.2. The van der Waals surface area contributed by atoms with Crippen LogP contribution in [0, 0.1) is 6.92 Å². The number of nitrogens with one attached hydrogen (secondary N) is 1. The van der Waals surface area contributed by atoms with E-state index >= 15 is 0 Å². The molecule has 1 fully saturated rings. The maximum Gasteiger partial charge on any atom is 0.267 e. The van der Waals surface area contributed by atoms with Crippen LogP contribution < -0.4 is 10.9 Å². The minimum absolute atomic E-state index is 0.00572. The lowest BCUT2D eigenvalue weighted by Gasteiger charge is -2.21. The molecule has 9 heteroatoms. The lowest BCUT2D eigenvalue weighted by Crippen LogP contribution is -2.36. The highest BCUT2D eigenvalue weighted by molar-refractivity contribution is 8.26. The van der Waals surface area contributed by atoms with Crippen LogP contribution in [0.3, 0.4) is 0 Å². The number of pyridine rings is 1. The predicted octanol–water partition coefficient (Wildman–Crippen LogP) is 3.06. The van der Waals surface area contributed by atoms with Crippen molar-refractivity contribution in [1.29, 1.82) is 0 Å². The molecule has 0 radical (unpaired) electrons. The molecule has 7 nitrogen and oxygen atoms in total. The summed E-state index contributed by atoms with van der Waals surface area (Å²) >= 11 is 6.61. The molecular formula is C20H24N4O3S2. The smallest absolute Gasteiger partial charge is 0.267 e. The number of thioether (sulfide) groups is 1. The number of thiocarbonyl (C=S) groups is 1. The molecule has 0 aliphatic carbocycles. The normalized spacial score (nSPS) is 16.8. The first-order chi connectivity index (χ1) is 13.9. The molecule has 1 aliphatic heterocycles. The molecule has 154 valence electrons. The Morgan fingerprint density at radius 2 is 2.17 bits per heavy atom. The van der Waals surface area contributed by atoms with Gasteiger partial charge >= 0.3 is 0 Å². The first-order valence-electron chi connectivity index (χ1n) is 9.40. The number of ether oxygens (including phenoxy) is 1. The number of aryl methyl sites for hydroxylation is 1. The van der Waals surface area contributed by atoms with Crippen LogP contribution >= 0.6 is 24.0 Å². The van der Waals surface area contributed by atoms with Crippen molar-refractivity contribution < 1.29 is 9.53 Å². The third-order valence-corrected chi connectivity index (χ3v) is 6.14. The lowest BCUT2D eigenvalue weighted by atomic mass is 10.2. The van der Waals surface area contributed by atoms with E-state index in [1.807, 2.05) is 26.8 Å². The topological polar surface area (TPSA) is 75.9 Å². The van der Waals surface area contributed by atoms with Crippen LogP contribution in [-0.2, 0) is 9.53 Å². The molecule has 1 N–H and O–H groups in total. The van der Waals surface area contributed by atoms with Crippen LogP contribution in [-0.4, -0.2) is 50.8 Å². The van der Waals surface area contributed by atoms with Gasteiger partial charge in [0.2, 0.25) is 0 Å². The average Bonchev–Trinajstić information content (AvgIpc) is 2.98. The van der Waals surface area contributed by atoms with Gasteiger partial charge in [0.05, 0.1) is 17.1 Å². The van der Waals surface area contributed by atoms with Crippen molar-refractivity contribution >= 4 is 51.7 Å². The van der Waals surface area contributed by atoms with Crippen molar-refractivity contribution in [2.45, 2.75) is 33.2 Å². The second-order valence-corrected chi connectivity index (χ2v) is 8.47. The summed E-state index contributed by atoms with van der Waals surface area (Å²) in [6, 6.07) is 3.71. The van der Waals surface area contributed by atoms with Gasteiger partial charge in [-0.3, -0.25) is 18.9 Å². The number of hydrogen-bond donors (Lipinski definition) is 1. The molecule has 3 heterocycles. The summed E-state index contributed by atoms with van der Waals surface area (Å²) in [5.74, 6) is 0.251. The summed E-state index contributed by atoms with van der Waals surface area (Å²) in [4.78, 5) is 32.8. The summed E-state index contributed by atoms with van der Waals surface area (Å²) in [7, 11) is 1.61. The SMILES string of the molecule is CC[C@H](C)N1C(=O)/C(=C/c2c(NCCOC)nc3c(C)cccn3c2=O)SC1=S. The number of carbonyl (C=O) groups is 1. The summed E-state index contributed by atoms with van der Waals surface area (Å²) in [5.41, 5.74) is 1.54. The molecule has 3 rings (SSSR count). The monoisotopic (exact) mass is 432 g/mol. The Kier molecular flexibility index (Phi) is 6.71. The van der Waals surface area contributed by atoms with Crippen LogP contribution in [0.5, 0.6) is 0 Å². The van der Waals surface area contributed by atoms with Gasteiger partial charge in [-0.25, -0.2) is 4.98 Å². The van der Waals surface area contributed by atoms with Crippen LogP contribution in [0.4, 0.5) is 5.82 Å². The van der Waals surface area contributed by atoms with E-state index < -0.39 is 0 Å². The number of fused-ring (bicyclic) bond motifs is 1. The van der Waals surface area contributed by atoms with Crippen molar-refractivity contribution in [3.63, 3.8) is 0 Å². The minimum atomic E-state index is -0.243. The number of amides is 1. The second kappa shape index (κ2) is 9.06. The molecule has 1 atom stereocenters. The maximum absolute atomic E-state index is 13.2.